The summed E-state index contributed by atoms with van der Waals surface area (Å²) in [5.74, 6) is -0.0768. The van der Waals surface area contributed by atoms with Gasteiger partial charge in [-0.15, -0.1) is 11.8 Å². The zero-order valence-corrected chi connectivity index (χ0v) is 18.6. The summed E-state index contributed by atoms with van der Waals surface area (Å²) in [7, 11) is 0. The third-order valence-electron chi connectivity index (χ3n) is 5.34. The van der Waals surface area contributed by atoms with E-state index in [1.807, 2.05) is 49.6 Å². The molecule has 156 valence electrons. The van der Waals surface area contributed by atoms with Crippen LogP contribution >= 0.6 is 11.8 Å². The second-order valence-corrected chi connectivity index (χ2v) is 8.84. The van der Waals surface area contributed by atoms with Gasteiger partial charge in [-0.3, -0.25) is 4.79 Å². The van der Waals surface area contributed by atoms with E-state index in [4.69, 9.17) is 9.84 Å². The number of carbonyl (C=O) groups is 2. The topological polar surface area (TPSA) is 63.6 Å². The molecule has 2 aromatic rings. The first-order valence-corrected chi connectivity index (χ1v) is 11.1. The van der Waals surface area contributed by atoms with Crippen LogP contribution in [0.15, 0.2) is 53.4 Å². The molecular formula is C24H30O4S. The van der Waals surface area contributed by atoms with Crippen LogP contribution in [0.2, 0.25) is 0 Å². The lowest BCUT2D eigenvalue weighted by Gasteiger charge is -2.22. The summed E-state index contributed by atoms with van der Waals surface area (Å²) in [6.45, 7) is 7.17. The third-order valence-corrected chi connectivity index (χ3v) is 6.08. The number of hydrogen-bond acceptors (Lipinski definition) is 4. The molecule has 0 radical (unpaired) electrons. The van der Waals surface area contributed by atoms with E-state index in [-0.39, 0.29) is 17.6 Å². The molecule has 0 bridgehead atoms. The molecule has 0 fully saturated rings. The van der Waals surface area contributed by atoms with Crippen LogP contribution in [0.25, 0.3) is 0 Å². The van der Waals surface area contributed by atoms with E-state index in [0.717, 1.165) is 28.9 Å². The minimum Gasteiger partial charge on any atom is -0.478 e. The lowest BCUT2D eigenvalue weighted by molar-refractivity contribution is -0.152. The number of ketones is 1. The summed E-state index contributed by atoms with van der Waals surface area (Å²) in [4.78, 5) is 25.1. The molecular weight excluding hydrogens is 384 g/mol. The maximum atomic E-state index is 12.8. The Kier molecular flexibility index (Phi) is 7.91. The number of Topliss-reactive ketones (excluding diaryl/α,β-unsaturated/α-hetero) is 1. The Morgan fingerprint density at radius 1 is 1.03 bits per heavy atom. The number of benzene rings is 2. The molecule has 0 aliphatic rings. The maximum absolute atomic E-state index is 12.8. The van der Waals surface area contributed by atoms with Crippen LogP contribution in [-0.4, -0.2) is 28.7 Å². The number of aliphatic carboxylic acids is 1. The van der Waals surface area contributed by atoms with Gasteiger partial charge in [-0.1, -0.05) is 38.1 Å². The normalized spacial score (nSPS) is 13.6. The van der Waals surface area contributed by atoms with Gasteiger partial charge in [-0.2, -0.15) is 0 Å². The number of ether oxygens (including phenoxy) is 1. The van der Waals surface area contributed by atoms with Crippen molar-refractivity contribution in [2.75, 3.05) is 6.26 Å². The van der Waals surface area contributed by atoms with Crippen LogP contribution < -0.4 is 4.74 Å². The first-order chi connectivity index (χ1) is 13.6. The quantitative estimate of drug-likeness (QED) is 0.397. The van der Waals surface area contributed by atoms with E-state index in [9.17, 15) is 9.59 Å². The molecule has 0 amide bonds. The monoisotopic (exact) mass is 414 g/mol. The Bertz CT molecular complexity index is 825. The Hall–Kier alpha value is -2.27. The molecule has 0 saturated heterocycles. The number of aryl methyl sites for hydroxylation is 1. The van der Waals surface area contributed by atoms with Gasteiger partial charge >= 0.3 is 5.97 Å². The number of carboxylic acids is 1. The standard InChI is InChI=1S/C24H30O4S/c1-16(17(2)22(25)19-10-14-21(29-5)15-11-19)6-7-18-8-12-20(13-9-18)28-24(3,4)23(26)27/h8-17H,6-7H2,1-5H3,(H,26,27)/t16-,17+/m0/s1. The summed E-state index contributed by atoms with van der Waals surface area (Å²) < 4.78 is 5.53. The van der Waals surface area contributed by atoms with Crippen LogP contribution in [0.5, 0.6) is 5.75 Å². The number of carbonyl (C=O) groups excluding carboxylic acids is 1. The molecule has 0 unspecified atom stereocenters. The molecule has 2 atom stereocenters. The first kappa shape index (κ1) is 23.0. The highest BCUT2D eigenvalue weighted by Gasteiger charge is 2.29. The molecule has 0 aliphatic carbocycles. The summed E-state index contributed by atoms with van der Waals surface area (Å²) >= 11 is 1.67. The van der Waals surface area contributed by atoms with Crippen molar-refractivity contribution in [3.05, 3.63) is 59.7 Å². The van der Waals surface area contributed by atoms with Gasteiger partial charge in [-0.05, 0) is 68.7 Å². The lowest BCUT2D eigenvalue weighted by Crippen LogP contribution is -2.37. The van der Waals surface area contributed by atoms with Gasteiger partial charge in [0.05, 0.1) is 0 Å². The van der Waals surface area contributed by atoms with Crippen LogP contribution in [0.1, 0.15) is 50.0 Å². The predicted octanol–water partition coefficient (Wildman–Crippen LogP) is 5.74. The summed E-state index contributed by atoms with van der Waals surface area (Å²) in [6.07, 6.45) is 3.77. The summed E-state index contributed by atoms with van der Waals surface area (Å²) in [5, 5.41) is 9.15. The summed E-state index contributed by atoms with van der Waals surface area (Å²) in [5.41, 5.74) is 0.644. The van der Waals surface area contributed by atoms with Crippen molar-refractivity contribution in [1.82, 2.24) is 0 Å². The Morgan fingerprint density at radius 2 is 1.62 bits per heavy atom. The molecule has 0 aromatic heterocycles. The van der Waals surface area contributed by atoms with Gasteiger partial charge in [0.15, 0.2) is 11.4 Å². The number of thioether (sulfide) groups is 1. The molecule has 2 aromatic carbocycles. The molecule has 4 nitrogen and oxygen atoms in total. The Balaban J connectivity index is 1.91. The Morgan fingerprint density at radius 3 is 2.14 bits per heavy atom. The second kappa shape index (κ2) is 9.97. The van der Waals surface area contributed by atoms with Gasteiger partial charge in [-0.25, -0.2) is 4.79 Å². The number of hydrogen-bond donors (Lipinski definition) is 1. The number of rotatable bonds is 10. The third kappa shape index (κ3) is 6.36. The van der Waals surface area contributed by atoms with Crippen molar-refractivity contribution in [1.29, 1.82) is 0 Å². The zero-order chi connectivity index (χ0) is 21.6. The van der Waals surface area contributed by atoms with Crippen LogP contribution in [0, 0.1) is 11.8 Å². The van der Waals surface area contributed by atoms with Crippen molar-refractivity contribution >= 4 is 23.5 Å². The first-order valence-electron chi connectivity index (χ1n) is 9.83. The average molecular weight is 415 g/mol. The van der Waals surface area contributed by atoms with E-state index >= 15 is 0 Å². The highest BCUT2D eigenvalue weighted by Crippen LogP contribution is 2.25. The predicted molar refractivity (Wildman–Crippen MR) is 118 cm³/mol. The molecule has 0 saturated carbocycles. The van der Waals surface area contributed by atoms with Crippen molar-refractivity contribution in [2.45, 2.75) is 51.0 Å². The minimum atomic E-state index is -1.26. The van der Waals surface area contributed by atoms with E-state index in [1.165, 1.54) is 13.8 Å². The van der Waals surface area contributed by atoms with Crippen molar-refractivity contribution in [3.63, 3.8) is 0 Å². The van der Waals surface area contributed by atoms with E-state index in [2.05, 4.69) is 6.92 Å². The number of carboxylic acid groups (broad SMARTS) is 1. The average Bonchev–Trinajstić information content (AvgIpc) is 2.71. The maximum Gasteiger partial charge on any atom is 0.347 e. The fourth-order valence-corrected chi connectivity index (χ4v) is 3.39. The van der Waals surface area contributed by atoms with Gasteiger partial charge in [0.1, 0.15) is 5.75 Å². The minimum absolute atomic E-state index is 0.0471. The molecule has 0 aliphatic heterocycles. The fourth-order valence-electron chi connectivity index (χ4n) is 2.98. The van der Waals surface area contributed by atoms with Crippen LogP contribution in [-0.2, 0) is 11.2 Å². The van der Waals surface area contributed by atoms with Crippen molar-refractivity contribution in [2.24, 2.45) is 11.8 Å². The fraction of sp³-hybridized carbons (Fsp3) is 0.417. The van der Waals surface area contributed by atoms with E-state index < -0.39 is 11.6 Å². The smallest absolute Gasteiger partial charge is 0.347 e. The second-order valence-electron chi connectivity index (χ2n) is 7.96. The SMILES string of the molecule is CSc1ccc(C(=O)[C@H](C)[C@@H](C)CCc2ccc(OC(C)(C)C(=O)O)cc2)cc1. The molecule has 29 heavy (non-hydrogen) atoms. The van der Waals surface area contributed by atoms with Crippen LogP contribution in [0.3, 0.4) is 0 Å². The molecule has 5 heteroatoms. The van der Waals surface area contributed by atoms with Gasteiger partial charge in [0.2, 0.25) is 0 Å². The summed E-state index contributed by atoms with van der Waals surface area (Å²) in [6, 6.07) is 15.3. The van der Waals surface area contributed by atoms with E-state index in [1.54, 1.807) is 23.9 Å². The van der Waals surface area contributed by atoms with Gasteiger partial charge < -0.3 is 9.84 Å². The molecule has 0 spiro atoms. The van der Waals surface area contributed by atoms with Crippen LogP contribution in [0.4, 0.5) is 0 Å². The molecule has 1 N–H and O–H groups in total. The van der Waals surface area contributed by atoms with Gasteiger partial charge in [0, 0.05) is 16.4 Å². The van der Waals surface area contributed by atoms with E-state index in [0.29, 0.717) is 5.75 Å². The highest BCUT2D eigenvalue weighted by atomic mass is 32.2. The molecule has 0 heterocycles. The van der Waals surface area contributed by atoms with Crippen molar-refractivity contribution in [3.8, 4) is 5.75 Å². The van der Waals surface area contributed by atoms with Gasteiger partial charge in [0.25, 0.3) is 0 Å². The van der Waals surface area contributed by atoms with Crippen molar-refractivity contribution < 1.29 is 19.4 Å². The largest absolute Gasteiger partial charge is 0.478 e. The zero-order valence-electron chi connectivity index (χ0n) is 17.8. The Labute approximate surface area is 177 Å². The highest BCUT2D eigenvalue weighted by molar-refractivity contribution is 7.98. The molecule has 2 rings (SSSR count). The lowest BCUT2D eigenvalue weighted by atomic mass is 9.85.